The van der Waals surface area contributed by atoms with Crippen molar-refractivity contribution >= 4 is 52.1 Å². The van der Waals surface area contributed by atoms with Crippen LogP contribution < -0.4 is 5.32 Å². The molecule has 3 nitrogen and oxygen atoms in total. The zero-order chi connectivity index (χ0) is 14.8. The van der Waals surface area contributed by atoms with Gasteiger partial charge in [-0.05, 0) is 33.4 Å². The Hall–Kier alpha value is -0.370. The van der Waals surface area contributed by atoms with Gasteiger partial charge in [0, 0.05) is 36.6 Å². The minimum atomic E-state index is -0.593. The lowest BCUT2D eigenvalue weighted by atomic mass is 10.0. The molecule has 1 aliphatic heterocycles. The molecule has 0 aliphatic carbocycles. The number of phenols is 1. The summed E-state index contributed by atoms with van der Waals surface area (Å²) in [7, 11) is 0. The highest BCUT2D eigenvalue weighted by atomic mass is 79.9. The van der Waals surface area contributed by atoms with Crippen LogP contribution in [0.1, 0.15) is 16.5 Å². The van der Waals surface area contributed by atoms with Crippen molar-refractivity contribution in [3.8, 4) is 5.75 Å². The van der Waals surface area contributed by atoms with E-state index >= 15 is 0 Å². The van der Waals surface area contributed by atoms with E-state index < -0.39 is 5.82 Å². The first-order chi connectivity index (χ1) is 10.2. The molecule has 2 N–H and O–H groups in total. The van der Waals surface area contributed by atoms with Crippen LogP contribution in [0.3, 0.4) is 0 Å². The first-order valence-electron chi connectivity index (χ1n) is 6.83. The van der Waals surface area contributed by atoms with Crippen molar-refractivity contribution in [2.45, 2.75) is 6.04 Å². The number of hydrogen-bond acceptors (Lipinski definition) is 4. The van der Waals surface area contributed by atoms with Crippen molar-refractivity contribution in [3.05, 3.63) is 50.4 Å². The van der Waals surface area contributed by atoms with Crippen LogP contribution in [0.15, 0.2) is 34.1 Å². The third kappa shape index (κ3) is 4.38. The minimum absolute atomic E-state index is 0. The van der Waals surface area contributed by atoms with Crippen molar-refractivity contribution < 1.29 is 9.50 Å². The maximum Gasteiger partial charge on any atom is 0.179 e. The average Bonchev–Trinajstić information content (AvgIpc) is 3.03. The van der Waals surface area contributed by atoms with Gasteiger partial charge in [0.25, 0.3) is 0 Å². The summed E-state index contributed by atoms with van der Waals surface area (Å²) in [5, 5.41) is 15.6. The van der Waals surface area contributed by atoms with Crippen LogP contribution in [0.25, 0.3) is 0 Å². The molecule has 1 saturated heterocycles. The van der Waals surface area contributed by atoms with E-state index in [4.69, 9.17) is 0 Å². The highest BCUT2D eigenvalue weighted by Crippen LogP contribution is 2.39. The SMILES string of the molecule is Cl.Cl.Oc1c([C@H](c2cccs2)N2CCNCC2)ccc(Br)c1F. The van der Waals surface area contributed by atoms with Gasteiger partial charge in [-0.25, -0.2) is 4.39 Å². The van der Waals surface area contributed by atoms with Gasteiger partial charge >= 0.3 is 0 Å². The van der Waals surface area contributed by atoms with E-state index in [0.717, 1.165) is 31.1 Å². The fraction of sp³-hybridized carbons (Fsp3) is 0.333. The molecule has 23 heavy (non-hydrogen) atoms. The van der Waals surface area contributed by atoms with Gasteiger partial charge in [0.2, 0.25) is 0 Å². The van der Waals surface area contributed by atoms with Gasteiger partial charge in [-0.2, -0.15) is 0 Å². The van der Waals surface area contributed by atoms with E-state index in [0.29, 0.717) is 5.56 Å². The Morgan fingerprint density at radius 2 is 1.91 bits per heavy atom. The summed E-state index contributed by atoms with van der Waals surface area (Å²) in [6, 6.07) is 7.38. The molecule has 1 aliphatic rings. The van der Waals surface area contributed by atoms with Crippen molar-refractivity contribution in [1.29, 1.82) is 0 Å². The third-order valence-electron chi connectivity index (χ3n) is 3.72. The second-order valence-corrected chi connectivity index (χ2v) is 6.84. The summed E-state index contributed by atoms with van der Waals surface area (Å²) >= 11 is 4.75. The fourth-order valence-corrected chi connectivity index (χ4v) is 3.89. The average molecular weight is 444 g/mol. The summed E-state index contributed by atoms with van der Waals surface area (Å²) in [5.74, 6) is -0.856. The number of benzene rings is 1. The molecule has 1 atom stereocenters. The van der Waals surface area contributed by atoms with Crippen LogP contribution in [0.5, 0.6) is 5.75 Å². The summed E-state index contributed by atoms with van der Waals surface area (Å²) in [4.78, 5) is 3.40. The molecule has 1 fully saturated rings. The van der Waals surface area contributed by atoms with Crippen molar-refractivity contribution in [2.75, 3.05) is 26.2 Å². The monoisotopic (exact) mass is 442 g/mol. The van der Waals surface area contributed by atoms with Gasteiger partial charge in [-0.15, -0.1) is 36.2 Å². The molecule has 3 rings (SSSR count). The Bertz CT molecular complexity index is 624. The number of nitrogens with one attached hydrogen (secondary N) is 1. The molecule has 128 valence electrons. The normalized spacial score (nSPS) is 16.3. The van der Waals surface area contributed by atoms with Gasteiger partial charge in [0.05, 0.1) is 10.5 Å². The Labute approximate surface area is 159 Å². The lowest BCUT2D eigenvalue weighted by molar-refractivity contribution is 0.197. The molecular weight excluding hydrogens is 426 g/mol. The molecule has 0 unspecified atom stereocenters. The van der Waals surface area contributed by atoms with Crippen LogP contribution in [0.4, 0.5) is 4.39 Å². The molecule has 1 aromatic heterocycles. The first kappa shape index (κ1) is 20.7. The van der Waals surface area contributed by atoms with Gasteiger partial charge in [-0.1, -0.05) is 12.1 Å². The van der Waals surface area contributed by atoms with E-state index in [2.05, 4.69) is 26.1 Å². The number of phenolic OH excluding ortho intramolecular Hbond substituents is 1. The van der Waals surface area contributed by atoms with Gasteiger partial charge < -0.3 is 10.4 Å². The number of thiophene rings is 1. The predicted octanol–water partition coefficient (Wildman–Crippen LogP) is 4.19. The number of halogens is 4. The summed E-state index contributed by atoms with van der Waals surface area (Å²) in [6.07, 6.45) is 0. The number of rotatable bonds is 3. The van der Waals surface area contributed by atoms with Crippen molar-refractivity contribution in [2.24, 2.45) is 0 Å². The molecule has 2 aromatic rings. The van der Waals surface area contributed by atoms with Crippen LogP contribution in [-0.4, -0.2) is 36.2 Å². The van der Waals surface area contributed by atoms with Crippen molar-refractivity contribution in [1.82, 2.24) is 10.2 Å². The standard InChI is InChI=1S/C15H16BrFN2OS.2ClH/c16-11-4-3-10(15(20)13(11)17)14(12-2-1-9-21-12)19-7-5-18-6-8-19;;/h1-4,9,14,18,20H,5-8H2;2*1H/t14-;;/m1../s1. The Kier molecular flexibility index (Phi) is 8.27. The molecule has 2 heterocycles. The maximum atomic E-state index is 14.0. The number of piperazine rings is 1. The quantitative estimate of drug-likeness (QED) is 0.746. The highest BCUT2D eigenvalue weighted by molar-refractivity contribution is 9.10. The minimum Gasteiger partial charge on any atom is -0.505 e. The summed E-state index contributed by atoms with van der Waals surface area (Å²) in [6.45, 7) is 3.56. The first-order valence-corrected chi connectivity index (χ1v) is 8.51. The van der Waals surface area contributed by atoms with E-state index in [1.165, 1.54) is 0 Å². The zero-order valence-corrected chi connectivity index (χ0v) is 16.2. The number of hydrogen-bond donors (Lipinski definition) is 2. The Morgan fingerprint density at radius 3 is 2.52 bits per heavy atom. The van der Waals surface area contributed by atoms with Crippen LogP contribution in [0, 0.1) is 5.82 Å². The maximum absolute atomic E-state index is 14.0. The molecule has 0 spiro atoms. The van der Waals surface area contributed by atoms with E-state index in [-0.39, 0.29) is 41.1 Å². The largest absolute Gasteiger partial charge is 0.505 e. The second kappa shape index (κ2) is 9.20. The Morgan fingerprint density at radius 1 is 1.22 bits per heavy atom. The van der Waals surface area contributed by atoms with E-state index in [9.17, 15) is 9.50 Å². The van der Waals surface area contributed by atoms with Crippen LogP contribution in [0.2, 0.25) is 0 Å². The van der Waals surface area contributed by atoms with Crippen molar-refractivity contribution in [3.63, 3.8) is 0 Å². The number of nitrogens with zero attached hydrogens (tertiary/aromatic N) is 1. The summed E-state index contributed by atoms with van der Waals surface area (Å²) in [5.41, 5.74) is 0.625. The molecule has 0 radical (unpaired) electrons. The lowest BCUT2D eigenvalue weighted by Crippen LogP contribution is -2.45. The fourth-order valence-electron chi connectivity index (χ4n) is 2.69. The molecule has 1 aromatic carbocycles. The van der Waals surface area contributed by atoms with Gasteiger partial charge in [-0.3, -0.25) is 4.90 Å². The zero-order valence-electron chi connectivity index (χ0n) is 12.2. The second-order valence-electron chi connectivity index (χ2n) is 5.00. The predicted molar refractivity (Wildman–Crippen MR) is 101 cm³/mol. The van der Waals surface area contributed by atoms with E-state index in [1.54, 1.807) is 23.5 Å². The van der Waals surface area contributed by atoms with Gasteiger partial charge in [0.15, 0.2) is 11.6 Å². The lowest BCUT2D eigenvalue weighted by Gasteiger charge is -2.35. The molecule has 8 heteroatoms. The van der Waals surface area contributed by atoms with Gasteiger partial charge in [0.1, 0.15) is 0 Å². The third-order valence-corrected chi connectivity index (χ3v) is 5.26. The smallest absolute Gasteiger partial charge is 0.179 e. The van der Waals surface area contributed by atoms with Crippen LogP contribution in [-0.2, 0) is 0 Å². The highest BCUT2D eigenvalue weighted by Gasteiger charge is 2.28. The van der Waals surface area contributed by atoms with Crippen LogP contribution >= 0.6 is 52.1 Å². The molecular formula is C15H18BrCl2FN2OS. The topological polar surface area (TPSA) is 35.5 Å². The Balaban J connectivity index is 0.00000132. The molecule has 0 saturated carbocycles. The van der Waals surface area contributed by atoms with E-state index in [1.807, 2.05) is 17.5 Å². The summed E-state index contributed by atoms with van der Waals surface area (Å²) < 4.78 is 14.3. The number of aromatic hydroxyl groups is 1. The molecule has 0 amide bonds. The molecule has 0 bridgehead atoms.